The number of hydrogen-bond donors (Lipinski definition) is 0. The summed E-state index contributed by atoms with van der Waals surface area (Å²) in [6.07, 6.45) is 18.4. The predicted octanol–water partition coefficient (Wildman–Crippen LogP) is 6.02. The van der Waals surface area contributed by atoms with Crippen molar-refractivity contribution in [3.8, 4) is 0 Å². The largest absolute Gasteiger partial charge is 0.205 e. The van der Waals surface area contributed by atoms with E-state index in [4.69, 9.17) is 0 Å². The van der Waals surface area contributed by atoms with E-state index in [9.17, 15) is 0 Å². The number of hydrogen-bond acceptors (Lipinski definition) is 0. The van der Waals surface area contributed by atoms with Gasteiger partial charge < -0.3 is 0 Å². The van der Waals surface area contributed by atoms with Crippen LogP contribution in [0.25, 0.3) is 0 Å². The molecule has 0 fully saturated rings. The average Bonchev–Trinajstić information content (AvgIpc) is 2.53. The maximum absolute atomic E-state index is 2.34. The molecule has 0 radical (unpaired) electrons. The van der Waals surface area contributed by atoms with Crippen LogP contribution in [-0.4, -0.2) is 0 Å². The molecule has 21 heavy (non-hydrogen) atoms. The molecule has 0 bridgehead atoms. The van der Waals surface area contributed by atoms with E-state index in [1.165, 1.54) is 76.3 Å². The lowest BCUT2D eigenvalue weighted by atomic mass is 10.0. The standard InChI is InChI=1S/C20H36N/c1-4-6-7-8-9-10-11-12-13-16-21-17-14-20(15-18-21)19(3)5-2/h14-15,17-19H,4-13,16H2,1-3H3/q+1. The number of unbranched alkanes of at least 4 members (excludes halogenated alkanes) is 8. The topological polar surface area (TPSA) is 3.88 Å². The maximum atomic E-state index is 2.34. The molecule has 1 aromatic rings. The monoisotopic (exact) mass is 290 g/mol. The zero-order valence-electron chi connectivity index (χ0n) is 14.6. The highest BCUT2D eigenvalue weighted by molar-refractivity contribution is 5.12. The van der Waals surface area contributed by atoms with Crippen molar-refractivity contribution in [2.24, 2.45) is 0 Å². The summed E-state index contributed by atoms with van der Waals surface area (Å²) in [5.74, 6) is 0.687. The van der Waals surface area contributed by atoms with Crippen LogP contribution in [0.2, 0.25) is 0 Å². The van der Waals surface area contributed by atoms with Gasteiger partial charge in [0.1, 0.15) is 6.54 Å². The first-order valence-electron chi connectivity index (χ1n) is 9.27. The number of nitrogens with zero attached hydrogens (tertiary/aromatic N) is 1. The van der Waals surface area contributed by atoms with Crippen LogP contribution in [0.15, 0.2) is 24.5 Å². The van der Waals surface area contributed by atoms with Gasteiger partial charge in [-0.15, -0.1) is 0 Å². The van der Waals surface area contributed by atoms with Crippen LogP contribution in [0.3, 0.4) is 0 Å². The molecule has 0 aliphatic heterocycles. The molecule has 1 unspecified atom stereocenters. The second-order valence-corrected chi connectivity index (χ2v) is 6.51. The molecule has 0 aromatic carbocycles. The van der Waals surface area contributed by atoms with Crippen LogP contribution >= 0.6 is 0 Å². The van der Waals surface area contributed by atoms with Gasteiger partial charge in [0.2, 0.25) is 0 Å². The van der Waals surface area contributed by atoms with Gasteiger partial charge in [0.05, 0.1) is 0 Å². The van der Waals surface area contributed by atoms with E-state index in [0.717, 1.165) is 0 Å². The van der Waals surface area contributed by atoms with Crippen molar-refractivity contribution in [2.75, 3.05) is 0 Å². The quantitative estimate of drug-likeness (QED) is 0.327. The lowest BCUT2D eigenvalue weighted by molar-refractivity contribution is -0.697. The predicted molar refractivity (Wildman–Crippen MR) is 92.6 cm³/mol. The molecule has 120 valence electrons. The Morgan fingerprint density at radius 1 is 0.810 bits per heavy atom. The van der Waals surface area contributed by atoms with Gasteiger partial charge in [-0.05, 0) is 24.3 Å². The molecular weight excluding hydrogens is 254 g/mol. The van der Waals surface area contributed by atoms with E-state index >= 15 is 0 Å². The Balaban J connectivity index is 2.05. The lowest BCUT2D eigenvalue weighted by Crippen LogP contribution is -2.32. The fourth-order valence-electron chi connectivity index (χ4n) is 2.79. The molecule has 0 aliphatic rings. The van der Waals surface area contributed by atoms with Crippen LogP contribution < -0.4 is 4.57 Å². The Kier molecular flexibility index (Phi) is 10.2. The Bertz CT molecular complexity index is 341. The first-order chi connectivity index (χ1) is 10.3. The van der Waals surface area contributed by atoms with E-state index in [2.05, 4.69) is 49.9 Å². The molecule has 0 spiro atoms. The Morgan fingerprint density at radius 3 is 1.86 bits per heavy atom. The van der Waals surface area contributed by atoms with Crippen molar-refractivity contribution in [3.05, 3.63) is 30.1 Å². The van der Waals surface area contributed by atoms with E-state index < -0.39 is 0 Å². The van der Waals surface area contributed by atoms with Crippen molar-refractivity contribution in [3.63, 3.8) is 0 Å². The third-order valence-electron chi connectivity index (χ3n) is 4.62. The summed E-state index contributed by atoms with van der Waals surface area (Å²) in [5.41, 5.74) is 1.47. The number of pyridine rings is 1. The van der Waals surface area contributed by atoms with Crippen LogP contribution in [0.1, 0.15) is 96.5 Å². The van der Waals surface area contributed by atoms with Crippen molar-refractivity contribution < 1.29 is 4.57 Å². The Morgan fingerprint density at radius 2 is 1.33 bits per heavy atom. The molecule has 0 amide bonds. The fourth-order valence-corrected chi connectivity index (χ4v) is 2.79. The molecular formula is C20H36N+. The van der Waals surface area contributed by atoms with Gasteiger partial charge >= 0.3 is 0 Å². The molecule has 1 nitrogen and oxygen atoms in total. The normalized spacial score (nSPS) is 12.5. The summed E-state index contributed by atoms with van der Waals surface area (Å²) in [6, 6.07) is 4.59. The van der Waals surface area contributed by atoms with Gasteiger partial charge in [-0.25, -0.2) is 4.57 Å². The van der Waals surface area contributed by atoms with Crippen molar-refractivity contribution in [1.29, 1.82) is 0 Å². The zero-order chi connectivity index (χ0) is 15.3. The minimum atomic E-state index is 0.687. The molecule has 1 atom stereocenters. The highest BCUT2D eigenvalue weighted by atomic mass is 14.9. The molecule has 1 aromatic heterocycles. The molecule has 0 aliphatic carbocycles. The number of rotatable bonds is 12. The van der Waals surface area contributed by atoms with Crippen LogP contribution in [-0.2, 0) is 6.54 Å². The van der Waals surface area contributed by atoms with Crippen molar-refractivity contribution in [1.82, 2.24) is 0 Å². The SMILES string of the molecule is CCCCCCCCCCC[n+]1ccc(C(C)CC)cc1. The summed E-state index contributed by atoms with van der Waals surface area (Å²) >= 11 is 0. The maximum Gasteiger partial charge on any atom is 0.169 e. The van der Waals surface area contributed by atoms with Crippen LogP contribution in [0.5, 0.6) is 0 Å². The van der Waals surface area contributed by atoms with Gasteiger partial charge in [0, 0.05) is 18.6 Å². The first-order valence-corrected chi connectivity index (χ1v) is 9.27. The van der Waals surface area contributed by atoms with Gasteiger partial charge in [-0.1, -0.05) is 65.7 Å². The molecule has 0 N–H and O–H groups in total. The minimum Gasteiger partial charge on any atom is -0.205 e. The second-order valence-electron chi connectivity index (χ2n) is 6.51. The lowest BCUT2D eigenvalue weighted by Gasteiger charge is -2.07. The third-order valence-corrected chi connectivity index (χ3v) is 4.62. The van der Waals surface area contributed by atoms with Crippen molar-refractivity contribution in [2.45, 2.75) is 97.4 Å². The van der Waals surface area contributed by atoms with E-state index in [1.54, 1.807) is 0 Å². The zero-order valence-corrected chi connectivity index (χ0v) is 14.6. The summed E-state index contributed by atoms with van der Waals surface area (Å²) in [6.45, 7) is 8.03. The molecule has 0 saturated heterocycles. The molecule has 0 saturated carbocycles. The van der Waals surface area contributed by atoms with E-state index in [0.29, 0.717) is 5.92 Å². The summed E-state index contributed by atoms with van der Waals surface area (Å²) in [7, 11) is 0. The second kappa shape index (κ2) is 11.8. The smallest absolute Gasteiger partial charge is 0.169 e. The average molecular weight is 291 g/mol. The molecule has 1 heteroatoms. The Labute approximate surface area is 132 Å². The van der Waals surface area contributed by atoms with Crippen LogP contribution in [0.4, 0.5) is 0 Å². The minimum absolute atomic E-state index is 0.687. The van der Waals surface area contributed by atoms with Gasteiger partial charge in [-0.2, -0.15) is 0 Å². The van der Waals surface area contributed by atoms with Crippen molar-refractivity contribution >= 4 is 0 Å². The van der Waals surface area contributed by atoms with Crippen LogP contribution in [0, 0.1) is 0 Å². The number of aryl methyl sites for hydroxylation is 1. The highest BCUT2D eigenvalue weighted by Crippen LogP contribution is 2.16. The third kappa shape index (κ3) is 8.24. The molecule has 1 heterocycles. The van der Waals surface area contributed by atoms with Gasteiger partial charge in [0.25, 0.3) is 0 Å². The van der Waals surface area contributed by atoms with E-state index in [-0.39, 0.29) is 0 Å². The Hall–Kier alpha value is -0.850. The molecule has 1 rings (SSSR count). The number of aromatic nitrogens is 1. The fraction of sp³-hybridized carbons (Fsp3) is 0.750. The van der Waals surface area contributed by atoms with E-state index in [1.807, 2.05) is 0 Å². The summed E-state index contributed by atoms with van der Waals surface area (Å²) in [4.78, 5) is 0. The van der Waals surface area contributed by atoms with Gasteiger partial charge in [0.15, 0.2) is 12.4 Å². The first kappa shape index (κ1) is 18.2. The van der Waals surface area contributed by atoms with Gasteiger partial charge in [-0.3, -0.25) is 0 Å². The summed E-state index contributed by atoms with van der Waals surface area (Å²) in [5, 5.41) is 0. The highest BCUT2D eigenvalue weighted by Gasteiger charge is 2.05. The summed E-state index contributed by atoms with van der Waals surface area (Å²) < 4.78 is 2.34.